The second-order valence-electron chi connectivity index (χ2n) is 4.18. The van der Waals surface area contributed by atoms with Gasteiger partial charge in [-0.3, -0.25) is 4.90 Å². The molecule has 0 bridgehead atoms. The predicted molar refractivity (Wildman–Crippen MR) is 77.8 cm³/mol. The molecule has 0 radical (unpaired) electrons. The fourth-order valence-electron chi connectivity index (χ4n) is 1.98. The zero-order valence-electron chi connectivity index (χ0n) is 9.94. The molecular formula is C12H17Cl3N2O. The number of ether oxygens (including phenoxy) is 1. The highest BCUT2D eigenvalue weighted by Gasteiger charge is 2.20. The molecule has 0 aromatic heterocycles. The van der Waals surface area contributed by atoms with Gasteiger partial charge < -0.3 is 10.5 Å². The SMILES string of the molecule is Cl.NCC1CN(Cc2cccc(Cl)c2Cl)CCO1. The number of nitrogens with two attached hydrogens (primary N) is 1. The fraction of sp³-hybridized carbons (Fsp3) is 0.500. The van der Waals surface area contributed by atoms with Crippen molar-refractivity contribution in [1.82, 2.24) is 4.90 Å². The third-order valence-electron chi connectivity index (χ3n) is 2.91. The zero-order valence-corrected chi connectivity index (χ0v) is 12.3. The molecule has 0 aliphatic carbocycles. The molecule has 1 aliphatic rings. The average Bonchev–Trinajstić information content (AvgIpc) is 2.35. The van der Waals surface area contributed by atoms with E-state index in [1.165, 1.54) is 0 Å². The van der Waals surface area contributed by atoms with Gasteiger partial charge in [-0.15, -0.1) is 12.4 Å². The molecule has 1 fully saturated rings. The van der Waals surface area contributed by atoms with E-state index in [1.54, 1.807) is 6.07 Å². The van der Waals surface area contributed by atoms with Gasteiger partial charge in [0.05, 0.1) is 22.8 Å². The van der Waals surface area contributed by atoms with E-state index >= 15 is 0 Å². The van der Waals surface area contributed by atoms with Crippen molar-refractivity contribution in [2.75, 3.05) is 26.2 Å². The standard InChI is InChI=1S/C12H16Cl2N2O.ClH/c13-11-3-1-2-9(12(11)14)7-16-4-5-17-10(6-15)8-16;/h1-3,10H,4-8,15H2;1H. The van der Waals surface area contributed by atoms with Gasteiger partial charge in [0, 0.05) is 26.2 Å². The van der Waals surface area contributed by atoms with Crippen LogP contribution >= 0.6 is 35.6 Å². The molecule has 1 unspecified atom stereocenters. The Morgan fingerprint density at radius 1 is 1.39 bits per heavy atom. The van der Waals surface area contributed by atoms with Crippen LogP contribution in [0.2, 0.25) is 10.0 Å². The molecule has 0 saturated carbocycles. The van der Waals surface area contributed by atoms with E-state index in [9.17, 15) is 0 Å². The second kappa shape index (κ2) is 7.53. The minimum atomic E-state index is 0. The number of benzene rings is 1. The molecule has 1 atom stereocenters. The largest absolute Gasteiger partial charge is 0.374 e. The van der Waals surface area contributed by atoms with Crippen LogP contribution in [0.5, 0.6) is 0 Å². The maximum atomic E-state index is 6.17. The van der Waals surface area contributed by atoms with E-state index in [-0.39, 0.29) is 18.5 Å². The summed E-state index contributed by atoms with van der Waals surface area (Å²) in [5.41, 5.74) is 6.67. The third kappa shape index (κ3) is 3.98. The topological polar surface area (TPSA) is 38.5 Å². The normalized spacial score (nSPS) is 20.5. The van der Waals surface area contributed by atoms with Crippen molar-refractivity contribution in [2.24, 2.45) is 5.73 Å². The molecular weight excluding hydrogens is 295 g/mol. The molecule has 102 valence electrons. The minimum absolute atomic E-state index is 0. The minimum Gasteiger partial charge on any atom is -0.374 e. The van der Waals surface area contributed by atoms with Gasteiger partial charge in [-0.1, -0.05) is 35.3 Å². The van der Waals surface area contributed by atoms with Gasteiger partial charge in [0.25, 0.3) is 0 Å². The molecule has 2 N–H and O–H groups in total. The first-order chi connectivity index (χ1) is 8.20. The van der Waals surface area contributed by atoms with E-state index in [0.29, 0.717) is 16.6 Å². The molecule has 0 amide bonds. The highest BCUT2D eigenvalue weighted by Crippen LogP contribution is 2.26. The molecule has 2 rings (SSSR count). The van der Waals surface area contributed by atoms with Crippen LogP contribution < -0.4 is 5.73 Å². The van der Waals surface area contributed by atoms with Gasteiger partial charge in [-0.25, -0.2) is 0 Å². The first-order valence-corrected chi connectivity index (χ1v) is 6.43. The van der Waals surface area contributed by atoms with Crippen molar-refractivity contribution >= 4 is 35.6 Å². The summed E-state index contributed by atoms with van der Waals surface area (Å²) in [7, 11) is 0. The van der Waals surface area contributed by atoms with E-state index in [0.717, 1.165) is 31.8 Å². The van der Waals surface area contributed by atoms with E-state index < -0.39 is 0 Å². The summed E-state index contributed by atoms with van der Waals surface area (Å²) in [5, 5.41) is 1.25. The summed E-state index contributed by atoms with van der Waals surface area (Å²) >= 11 is 12.2. The Kier molecular flexibility index (Phi) is 6.71. The van der Waals surface area contributed by atoms with Crippen molar-refractivity contribution in [2.45, 2.75) is 12.6 Å². The van der Waals surface area contributed by atoms with Gasteiger partial charge >= 0.3 is 0 Å². The van der Waals surface area contributed by atoms with Crippen molar-refractivity contribution < 1.29 is 4.74 Å². The van der Waals surface area contributed by atoms with Gasteiger partial charge in [-0.2, -0.15) is 0 Å². The quantitative estimate of drug-likeness (QED) is 0.932. The Balaban J connectivity index is 0.00000162. The first kappa shape index (κ1) is 16.0. The van der Waals surface area contributed by atoms with Crippen molar-refractivity contribution in [3.8, 4) is 0 Å². The lowest BCUT2D eigenvalue weighted by molar-refractivity contribution is -0.0260. The zero-order chi connectivity index (χ0) is 12.3. The average molecular weight is 312 g/mol. The number of rotatable bonds is 3. The highest BCUT2D eigenvalue weighted by molar-refractivity contribution is 6.42. The lowest BCUT2D eigenvalue weighted by atomic mass is 10.2. The van der Waals surface area contributed by atoms with Crippen molar-refractivity contribution in [1.29, 1.82) is 0 Å². The summed E-state index contributed by atoms with van der Waals surface area (Å²) < 4.78 is 5.52. The van der Waals surface area contributed by atoms with Crippen LogP contribution in [0.15, 0.2) is 18.2 Å². The summed E-state index contributed by atoms with van der Waals surface area (Å²) in [6.45, 7) is 3.82. The van der Waals surface area contributed by atoms with E-state index in [2.05, 4.69) is 4.90 Å². The van der Waals surface area contributed by atoms with Crippen LogP contribution in [0.4, 0.5) is 0 Å². The Hall–Kier alpha value is -0.0300. The number of nitrogens with zero attached hydrogens (tertiary/aromatic N) is 1. The van der Waals surface area contributed by atoms with Crippen LogP contribution in [0.1, 0.15) is 5.56 Å². The van der Waals surface area contributed by atoms with Gasteiger partial charge in [-0.05, 0) is 11.6 Å². The van der Waals surface area contributed by atoms with Crippen LogP contribution in [0, 0.1) is 0 Å². The fourth-order valence-corrected chi connectivity index (χ4v) is 2.36. The van der Waals surface area contributed by atoms with Crippen LogP contribution in [-0.2, 0) is 11.3 Å². The number of halogens is 3. The Morgan fingerprint density at radius 3 is 2.89 bits per heavy atom. The predicted octanol–water partition coefficient (Wildman–Crippen LogP) is 2.57. The molecule has 1 saturated heterocycles. The van der Waals surface area contributed by atoms with E-state index in [4.69, 9.17) is 33.7 Å². The van der Waals surface area contributed by atoms with Crippen LogP contribution in [0.25, 0.3) is 0 Å². The van der Waals surface area contributed by atoms with Crippen molar-refractivity contribution in [3.05, 3.63) is 33.8 Å². The lowest BCUT2D eigenvalue weighted by Gasteiger charge is -2.32. The molecule has 1 aromatic rings. The maximum Gasteiger partial charge on any atom is 0.0824 e. The molecule has 1 heterocycles. The lowest BCUT2D eigenvalue weighted by Crippen LogP contribution is -2.45. The summed E-state index contributed by atoms with van der Waals surface area (Å²) in [4.78, 5) is 2.29. The number of hydrogen-bond donors (Lipinski definition) is 1. The van der Waals surface area contributed by atoms with E-state index in [1.807, 2.05) is 12.1 Å². The van der Waals surface area contributed by atoms with Crippen LogP contribution in [-0.4, -0.2) is 37.2 Å². The Labute approximate surface area is 124 Å². The smallest absolute Gasteiger partial charge is 0.0824 e. The van der Waals surface area contributed by atoms with Gasteiger partial charge in [0.1, 0.15) is 0 Å². The second-order valence-corrected chi connectivity index (χ2v) is 4.96. The molecule has 6 heteroatoms. The molecule has 1 aromatic carbocycles. The maximum absolute atomic E-state index is 6.17. The molecule has 18 heavy (non-hydrogen) atoms. The third-order valence-corrected chi connectivity index (χ3v) is 3.77. The number of morpholine rings is 1. The first-order valence-electron chi connectivity index (χ1n) is 5.67. The highest BCUT2D eigenvalue weighted by atomic mass is 35.5. The molecule has 3 nitrogen and oxygen atoms in total. The summed E-state index contributed by atoms with van der Waals surface area (Å²) in [6.07, 6.45) is 0.127. The molecule has 0 spiro atoms. The number of hydrogen-bond acceptors (Lipinski definition) is 3. The Bertz CT molecular complexity index is 390. The Morgan fingerprint density at radius 2 is 2.17 bits per heavy atom. The van der Waals surface area contributed by atoms with Crippen LogP contribution in [0.3, 0.4) is 0 Å². The monoisotopic (exact) mass is 310 g/mol. The molecule has 1 aliphatic heterocycles. The van der Waals surface area contributed by atoms with Gasteiger partial charge in [0.2, 0.25) is 0 Å². The summed E-state index contributed by atoms with van der Waals surface area (Å²) in [5.74, 6) is 0. The van der Waals surface area contributed by atoms with Crippen molar-refractivity contribution in [3.63, 3.8) is 0 Å². The summed E-state index contributed by atoms with van der Waals surface area (Å²) in [6, 6.07) is 5.72. The van der Waals surface area contributed by atoms with Gasteiger partial charge in [0.15, 0.2) is 0 Å².